The highest BCUT2D eigenvalue weighted by atomic mass is 79.9. The molecule has 0 spiro atoms. The van der Waals surface area contributed by atoms with Gasteiger partial charge in [0, 0.05) is 10.0 Å². The molecular formula is C15H10BrFO2. The summed E-state index contributed by atoms with van der Waals surface area (Å²) in [6.45, 7) is 0. The molecule has 1 aliphatic rings. The van der Waals surface area contributed by atoms with E-state index in [2.05, 4.69) is 15.9 Å². The predicted molar refractivity (Wildman–Crippen MR) is 72.9 cm³/mol. The van der Waals surface area contributed by atoms with Crippen molar-refractivity contribution in [2.45, 2.75) is 12.5 Å². The molecule has 0 fully saturated rings. The van der Waals surface area contributed by atoms with Gasteiger partial charge in [-0.1, -0.05) is 34.1 Å². The summed E-state index contributed by atoms with van der Waals surface area (Å²) in [5, 5.41) is 0. The number of carbonyl (C=O) groups is 1. The summed E-state index contributed by atoms with van der Waals surface area (Å²) in [5.74, 6) is 0.131. The van der Waals surface area contributed by atoms with Crippen LogP contribution < -0.4 is 4.74 Å². The standard InChI is InChI=1S/C15H10BrFO2/c16-9-5-6-10(12(17)7-9)15-8-13(18)11-3-1-2-4-14(11)19-15/h1-7,15H,8H2. The molecule has 2 aromatic carbocycles. The lowest BCUT2D eigenvalue weighted by Crippen LogP contribution is -2.21. The second kappa shape index (κ2) is 4.78. The number of Topliss-reactive ketones (excluding diaryl/α,β-unsaturated/α-hetero) is 1. The van der Waals surface area contributed by atoms with Gasteiger partial charge in [0.1, 0.15) is 17.7 Å². The maximum atomic E-state index is 13.9. The number of rotatable bonds is 1. The van der Waals surface area contributed by atoms with Gasteiger partial charge >= 0.3 is 0 Å². The third-order valence-corrected chi connectivity index (χ3v) is 3.63. The van der Waals surface area contributed by atoms with Gasteiger partial charge in [-0.05, 0) is 24.3 Å². The third-order valence-electron chi connectivity index (χ3n) is 3.14. The van der Waals surface area contributed by atoms with Gasteiger partial charge in [0.2, 0.25) is 0 Å². The summed E-state index contributed by atoms with van der Waals surface area (Å²) < 4.78 is 20.3. The van der Waals surface area contributed by atoms with E-state index in [1.54, 1.807) is 36.4 Å². The normalized spacial score (nSPS) is 17.8. The molecule has 0 radical (unpaired) electrons. The van der Waals surface area contributed by atoms with Gasteiger partial charge in [0.15, 0.2) is 5.78 Å². The fourth-order valence-electron chi connectivity index (χ4n) is 2.21. The van der Waals surface area contributed by atoms with E-state index in [-0.39, 0.29) is 18.0 Å². The first-order valence-electron chi connectivity index (χ1n) is 5.89. The Labute approximate surface area is 118 Å². The zero-order valence-corrected chi connectivity index (χ0v) is 11.5. The first-order valence-corrected chi connectivity index (χ1v) is 6.68. The van der Waals surface area contributed by atoms with Gasteiger partial charge in [-0.25, -0.2) is 4.39 Å². The fraction of sp³-hybridized carbons (Fsp3) is 0.133. The van der Waals surface area contributed by atoms with E-state index in [1.165, 1.54) is 6.07 Å². The number of hydrogen-bond donors (Lipinski definition) is 0. The van der Waals surface area contributed by atoms with Gasteiger partial charge in [-0.3, -0.25) is 4.79 Å². The molecule has 1 aliphatic heterocycles. The molecule has 1 heterocycles. The van der Waals surface area contributed by atoms with Crippen LogP contribution in [0.3, 0.4) is 0 Å². The number of carbonyl (C=O) groups excluding carboxylic acids is 1. The number of ketones is 1. The summed E-state index contributed by atoms with van der Waals surface area (Å²) in [6, 6.07) is 11.8. The molecule has 1 atom stereocenters. The van der Waals surface area contributed by atoms with Crippen LogP contribution in [0.5, 0.6) is 5.75 Å². The first-order chi connectivity index (χ1) is 9.15. The van der Waals surface area contributed by atoms with Gasteiger partial charge < -0.3 is 4.74 Å². The van der Waals surface area contributed by atoms with Crippen molar-refractivity contribution >= 4 is 21.7 Å². The Kier molecular flexibility index (Phi) is 3.11. The first kappa shape index (κ1) is 12.4. The molecule has 96 valence electrons. The van der Waals surface area contributed by atoms with Crippen LogP contribution in [-0.2, 0) is 0 Å². The second-order valence-corrected chi connectivity index (χ2v) is 5.31. The van der Waals surface area contributed by atoms with Gasteiger partial charge in [-0.2, -0.15) is 0 Å². The summed E-state index contributed by atoms with van der Waals surface area (Å²) in [4.78, 5) is 12.0. The lowest BCUT2D eigenvalue weighted by Gasteiger charge is -2.25. The minimum absolute atomic E-state index is 0.0193. The number of fused-ring (bicyclic) bond motifs is 1. The third kappa shape index (κ3) is 2.28. The van der Waals surface area contributed by atoms with Gasteiger partial charge in [-0.15, -0.1) is 0 Å². The Bertz CT molecular complexity index is 654. The van der Waals surface area contributed by atoms with E-state index < -0.39 is 6.10 Å². The fourth-order valence-corrected chi connectivity index (χ4v) is 2.54. The van der Waals surface area contributed by atoms with Crippen LogP contribution in [0.25, 0.3) is 0 Å². The molecule has 1 unspecified atom stereocenters. The van der Waals surface area contributed by atoms with Crippen LogP contribution in [0.15, 0.2) is 46.9 Å². The molecule has 4 heteroatoms. The molecule has 0 N–H and O–H groups in total. The second-order valence-electron chi connectivity index (χ2n) is 4.40. The Morgan fingerprint density at radius 2 is 2.00 bits per heavy atom. The molecule has 0 amide bonds. The van der Waals surface area contributed by atoms with Crippen molar-refractivity contribution in [2.75, 3.05) is 0 Å². The summed E-state index contributed by atoms with van der Waals surface area (Å²) in [7, 11) is 0. The van der Waals surface area contributed by atoms with Crippen LogP contribution in [0, 0.1) is 5.82 Å². The molecule has 0 saturated heterocycles. The highest BCUT2D eigenvalue weighted by molar-refractivity contribution is 9.10. The maximum Gasteiger partial charge on any atom is 0.170 e. The van der Waals surface area contributed by atoms with E-state index >= 15 is 0 Å². The van der Waals surface area contributed by atoms with Crippen molar-refractivity contribution < 1.29 is 13.9 Å². The van der Waals surface area contributed by atoms with Crippen LogP contribution in [0.2, 0.25) is 0 Å². The number of ether oxygens (including phenoxy) is 1. The Morgan fingerprint density at radius 3 is 2.79 bits per heavy atom. The van der Waals surface area contributed by atoms with Crippen molar-refractivity contribution in [2.24, 2.45) is 0 Å². The Hall–Kier alpha value is -1.68. The largest absolute Gasteiger partial charge is 0.484 e. The molecule has 2 nitrogen and oxygen atoms in total. The van der Waals surface area contributed by atoms with Crippen molar-refractivity contribution in [1.29, 1.82) is 0 Å². The number of benzene rings is 2. The number of para-hydroxylation sites is 1. The molecule has 19 heavy (non-hydrogen) atoms. The van der Waals surface area contributed by atoms with Crippen molar-refractivity contribution in [3.8, 4) is 5.75 Å². The molecule has 2 aromatic rings. The summed E-state index contributed by atoms with van der Waals surface area (Å²) in [5.41, 5.74) is 0.974. The van der Waals surface area contributed by atoms with Crippen LogP contribution in [0.4, 0.5) is 4.39 Å². The average Bonchev–Trinajstić information content (AvgIpc) is 2.38. The van der Waals surface area contributed by atoms with E-state index in [9.17, 15) is 9.18 Å². The molecule has 3 rings (SSSR count). The zero-order valence-electron chi connectivity index (χ0n) is 9.90. The summed E-state index contributed by atoms with van der Waals surface area (Å²) >= 11 is 3.21. The Morgan fingerprint density at radius 1 is 1.21 bits per heavy atom. The van der Waals surface area contributed by atoms with Crippen LogP contribution >= 0.6 is 15.9 Å². The smallest absolute Gasteiger partial charge is 0.170 e. The number of halogens is 2. The Balaban J connectivity index is 1.99. The summed E-state index contributed by atoms with van der Waals surface area (Å²) in [6.07, 6.45) is -0.397. The molecule has 0 aliphatic carbocycles. The molecular weight excluding hydrogens is 311 g/mol. The SMILES string of the molecule is O=C1CC(c2ccc(Br)cc2F)Oc2ccccc21. The molecule has 0 saturated carbocycles. The van der Waals surface area contributed by atoms with E-state index in [1.807, 2.05) is 0 Å². The lowest BCUT2D eigenvalue weighted by atomic mass is 9.96. The highest BCUT2D eigenvalue weighted by Crippen LogP contribution is 2.35. The molecule has 0 bridgehead atoms. The minimum atomic E-state index is -0.560. The van der Waals surface area contributed by atoms with Crippen molar-refractivity contribution in [3.63, 3.8) is 0 Å². The highest BCUT2D eigenvalue weighted by Gasteiger charge is 2.28. The predicted octanol–water partition coefficient (Wildman–Crippen LogP) is 4.29. The topological polar surface area (TPSA) is 26.3 Å². The average molecular weight is 321 g/mol. The zero-order chi connectivity index (χ0) is 13.4. The van der Waals surface area contributed by atoms with E-state index in [4.69, 9.17) is 4.74 Å². The van der Waals surface area contributed by atoms with E-state index in [0.29, 0.717) is 21.3 Å². The minimum Gasteiger partial charge on any atom is -0.484 e. The lowest BCUT2D eigenvalue weighted by molar-refractivity contribution is 0.0846. The van der Waals surface area contributed by atoms with Crippen molar-refractivity contribution in [1.82, 2.24) is 0 Å². The maximum absolute atomic E-state index is 13.9. The monoisotopic (exact) mass is 320 g/mol. The number of hydrogen-bond acceptors (Lipinski definition) is 2. The van der Waals surface area contributed by atoms with Crippen LogP contribution in [0.1, 0.15) is 28.4 Å². The van der Waals surface area contributed by atoms with Crippen LogP contribution in [-0.4, -0.2) is 5.78 Å². The molecule has 0 aromatic heterocycles. The van der Waals surface area contributed by atoms with E-state index in [0.717, 1.165) is 0 Å². The quantitative estimate of drug-likeness (QED) is 0.783. The van der Waals surface area contributed by atoms with Gasteiger partial charge in [0.05, 0.1) is 12.0 Å². The van der Waals surface area contributed by atoms with Crippen molar-refractivity contribution in [3.05, 3.63) is 63.9 Å². The van der Waals surface area contributed by atoms with Gasteiger partial charge in [0.25, 0.3) is 0 Å².